The van der Waals surface area contributed by atoms with Crippen molar-refractivity contribution in [3.05, 3.63) is 17.8 Å². The molecule has 2 rings (SSSR count). The van der Waals surface area contributed by atoms with Crippen LogP contribution >= 0.6 is 0 Å². The second kappa shape index (κ2) is 3.01. The van der Waals surface area contributed by atoms with Gasteiger partial charge in [0.1, 0.15) is 5.82 Å². The highest BCUT2D eigenvalue weighted by Gasteiger charge is 2.20. The molecule has 0 saturated carbocycles. The highest BCUT2D eigenvalue weighted by Crippen LogP contribution is 2.21. The Morgan fingerprint density at radius 2 is 2.31 bits per heavy atom. The molecule has 4 nitrogen and oxygen atoms in total. The van der Waals surface area contributed by atoms with Crippen LogP contribution in [0.2, 0.25) is 0 Å². The van der Waals surface area contributed by atoms with E-state index in [4.69, 9.17) is 10.0 Å². The van der Waals surface area contributed by atoms with E-state index in [1.54, 1.807) is 6.07 Å². The Hall–Kier alpha value is -1.07. The fraction of sp³-hybridized carbons (Fsp3) is 0.375. The number of hydrogen-bond donors (Lipinski definition) is 2. The third-order valence-corrected chi connectivity index (χ3v) is 2.34. The predicted octanol–water partition coefficient (Wildman–Crippen LogP) is -1.25. The standard InChI is InChI=1S/C8H11BN2O2/c1-11-3-2-6-4-7(9(12)13)5-10-8(6)11/h4-5,12-13H,2-3H2,1H3. The smallest absolute Gasteiger partial charge is 0.423 e. The maximum Gasteiger partial charge on any atom is 0.490 e. The summed E-state index contributed by atoms with van der Waals surface area (Å²) in [5.74, 6) is 0.949. The highest BCUT2D eigenvalue weighted by molar-refractivity contribution is 6.58. The Bertz CT molecular complexity index is 330. The first-order chi connectivity index (χ1) is 6.18. The van der Waals surface area contributed by atoms with Crippen LogP contribution in [0, 0.1) is 0 Å². The zero-order valence-electron chi connectivity index (χ0n) is 7.44. The van der Waals surface area contributed by atoms with Crippen LogP contribution in [0.15, 0.2) is 12.3 Å². The van der Waals surface area contributed by atoms with E-state index in [-0.39, 0.29) is 0 Å². The van der Waals surface area contributed by atoms with Gasteiger partial charge in [0.15, 0.2) is 0 Å². The number of hydrogen-bond acceptors (Lipinski definition) is 4. The summed E-state index contributed by atoms with van der Waals surface area (Å²) in [6.45, 7) is 0.952. The van der Waals surface area contributed by atoms with E-state index in [2.05, 4.69) is 9.88 Å². The Balaban J connectivity index is 2.40. The average Bonchev–Trinajstić information content (AvgIpc) is 2.47. The van der Waals surface area contributed by atoms with Gasteiger partial charge in [0.25, 0.3) is 0 Å². The second-order valence-electron chi connectivity index (χ2n) is 3.30. The first-order valence-corrected chi connectivity index (χ1v) is 4.24. The molecule has 0 atom stereocenters. The molecule has 1 aromatic rings. The van der Waals surface area contributed by atoms with Crippen LogP contribution in [0.4, 0.5) is 5.82 Å². The summed E-state index contributed by atoms with van der Waals surface area (Å²) in [7, 11) is 0.567. The molecule has 2 N–H and O–H groups in total. The van der Waals surface area contributed by atoms with E-state index < -0.39 is 7.12 Å². The third kappa shape index (κ3) is 1.40. The maximum absolute atomic E-state index is 8.92. The fourth-order valence-electron chi connectivity index (χ4n) is 1.58. The molecule has 0 amide bonds. The SMILES string of the molecule is CN1CCc2cc(B(O)O)cnc21. The van der Waals surface area contributed by atoms with E-state index in [9.17, 15) is 0 Å². The van der Waals surface area contributed by atoms with Gasteiger partial charge in [0.2, 0.25) is 0 Å². The summed E-state index contributed by atoms with van der Waals surface area (Å²) < 4.78 is 0. The minimum Gasteiger partial charge on any atom is -0.423 e. The molecule has 0 radical (unpaired) electrons. The minimum absolute atomic E-state index is 0.467. The van der Waals surface area contributed by atoms with E-state index >= 15 is 0 Å². The lowest BCUT2D eigenvalue weighted by Crippen LogP contribution is -2.30. The Labute approximate surface area is 77.0 Å². The van der Waals surface area contributed by atoms with Crippen LogP contribution in [0.5, 0.6) is 0 Å². The molecule has 0 aromatic carbocycles. The molecular formula is C8H11BN2O2. The molecule has 13 heavy (non-hydrogen) atoms. The van der Waals surface area contributed by atoms with Gasteiger partial charge in [-0.15, -0.1) is 0 Å². The highest BCUT2D eigenvalue weighted by atomic mass is 16.4. The summed E-state index contributed by atoms with van der Waals surface area (Å²) in [5, 5.41) is 17.8. The summed E-state index contributed by atoms with van der Waals surface area (Å²) in [4.78, 5) is 6.23. The summed E-state index contributed by atoms with van der Waals surface area (Å²) in [5.41, 5.74) is 1.56. The van der Waals surface area contributed by atoms with Crippen molar-refractivity contribution in [3.8, 4) is 0 Å². The topological polar surface area (TPSA) is 56.6 Å². The number of fused-ring (bicyclic) bond motifs is 1. The summed E-state index contributed by atoms with van der Waals surface area (Å²) >= 11 is 0. The van der Waals surface area contributed by atoms with Gasteiger partial charge in [0.05, 0.1) is 0 Å². The second-order valence-corrected chi connectivity index (χ2v) is 3.30. The van der Waals surface area contributed by atoms with Gasteiger partial charge in [-0.25, -0.2) is 4.98 Å². The molecule has 0 saturated heterocycles. The molecule has 1 aliphatic rings. The van der Waals surface area contributed by atoms with Gasteiger partial charge in [-0.3, -0.25) is 0 Å². The normalized spacial score (nSPS) is 14.5. The van der Waals surface area contributed by atoms with Gasteiger partial charge in [-0.1, -0.05) is 6.07 Å². The van der Waals surface area contributed by atoms with Crippen LogP contribution in [0.25, 0.3) is 0 Å². The molecule has 5 heteroatoms. The summed E-state index contributed by atoms with van der Waals surface area (Å²) in [6, 6.07) is 1.80. The van der Waals surface area contributed by atoms with Gasteiger partial charge in [-0.2, -0.15) is 0 Å². The van der Waals surface area contributed by atoms with E-state index in [0.29, 0.717) is 5.46 Å². The maximum atomic E-state index is 8.92. The zero-order valence-corrected chi connectivity index (χ0v) is 7.44. The van der Waals surface area contributed by atoms with Crippen molar-refractivity contribution in [2.75, 3.05) is 18.5 Å². The van der Waals surface area contributed by atoms with Crippen LogP contribution in [-0.4, -0.2) is 35.7 Å². The molecule has 1 aliphatic heterocycles. The lowest BCUT2D eigenvalue weighted by Gasteiger charge is -2.10. The van der Waals surface area contributed by atoms with Crippen molar-refractivity contribution >= 4 is 18.4 Å². The van der Waals surface area contributed by atoms with Crippen LogP contribution < -0.4 is 10.4 Å². The zero-order chi connectivity index (χ0) is 9.42. The Morgan fingerprint density at radius 3 is 3.00 bits per heavy atom. The number of anilines is 1. The largest absolute Gasteiger partial charge is 0.490 e. The van der Waals surface area contributed by atoms with Crippen molar-refractivity contribution in [1.29, 1.82) is 0 Å². The first kappa shape index (κ1) is 8.53. The molecule has 0 spiro atoms. The number of pyridine rings is 1. The van der Waals surface area contributed by atoms with Gasteiger partial charge in [-0.05, 0) is 12.0 Å². The van der Waals surface area contributed by atoms with E-state index in [1.165, 1.54) is 6.20 Å². The third-order valence-electron chi connectivity index (χ3n) is 2.34. The van der Waals surface area contributed by atoms with Crippen molar-refractivity contribution in [2.24, 2.45) is 0 Å². The molecule has 1 aromatic heterocycles. The molecule has 68 valence electrons. The molecule has 0 aliphatic carbocycles. The Morgan fingerprint density at radius 1 is 1.54 bits per heavy atom. The van der Waals surface area contributed by atoms with Crippen molar-refractivity contribution in [1.82, 2.24) is 4.98 Å². The van der Waals surface area contributed by atoms with Gasteiger partial charge in [0, 0.05) is 25.3 Å². The molecule has 0 unspecified atom stereocenters. The monoisotopic (exact) mass is 178 g/mol. The molecule has 0 bridgehead atoms. The number of nitrogens with zero attached hydrogens (tertiary/aromatic N) is 2. The number of likely N-dealkylation sites (N-methyl/N-ethyl adjacent to an activating group) is 1. The van der Waals surface area contributed by atoms with Crippen LogP contribution in [-0.2, 0) is 6.42 Å². The number of rotatable bonds is 1. The minimum atomic E-state index is -1.41. The van der Waals surface area contributed by atoms with Gasteiger partial charge >= 0.3 is 7.12 Å². The predicted molar refractivity (Wildman–Crippen MR) is 51.0 cm³/mol. The summed E-state index contributed by atoms with van der Waals surface area (Å²) in [6.07, 6.45) is 2.44. The van der Waals surface area contributed by atoms with Crippen molar-refractivity contribution in [2.45, 2.75) is 6.42 Å². The van der Waals surface area contributed by atoms with Gasteiger partial charge < -0.3 is 14.9 Å². The van der Waals surface area contributed by atoms with E-state index in [0.717, 1.165) is 24.3 Å². The molecule has 2 heterocycles. The molecule has 0 fully saturated rings. The quantitative estimate of drug-likeness (QED) is 0.527. The van der Waals surface area contributed by atoms with Crippen LogP contribution in [0.1, 0.15) is 5.56 Å². The van der Waals surface area contributed by atoms with Crippen molar-refractivity contribution < 1.29 is 10.0 Å². The van der Waals surface area contributed by atoms with E-state index in [1.807, 2.05) is 7.05 Å². The first-order valence-electron chi connectivity index (χ1n) is 4.24. The number of aromatic nitrogens is 1. The fourth-order valence-corrected chi connectivity index (χ4v) is 1.58. The van der Waals surface area contributed by atoms with Crippen molar-refractivity contribution in [3.63, 3.8) is 0 Å². The molecular weight excluding hydrogens is 167 g/mol. The average molecular weight is 178 g/mol. The van der Waals surface area contributed by atoms with Crippen LogP contribution in [0.3, 0.4) is 0 Å². The lowest BCUT2D eigenvalue weighted by atomic mass is 9.81. The lowest BCUT2D eigenvalue weighted by molar-refractivity contribution is 0.425. The Kier molecular flexibility index (Phi) is 1.98.